The third-order valence-electron chi connectivity index (χ3n) is 4.03. The van der Waals surface area contributed by atoms with E-state index in [1.54, 1.807) is 19.1 Å². The molecule has 0 spiro atoms. The summed E-state index contributed by atoms with van der Waals surface area (Å²) in [6.45, 7) is 1.72. The van der Waals surface area contributed by atoms with E-state index in [-0.39, 0.29) is 11.7 Å². The fourth-order valence-corrected chi connectivity index (χ4v) is 4.33. The Hall–Kier alpha value is -3.04. The lowest BCUT2D eigenvalue weighted by atomic mass is 10.1. The zero-order chi connectivity index (χ0) is 20.2. The van der Waals surface area contributed by atoms with E-state index in [4.69, 9.17) is 4.52 Å². The second kappa shape index (κ2) is 8.54. The number of anilines is 1. The first-order chi connectivity index (χ1) is 14.1. The molecule has 0 aliphatic carbocycles. The van der Waals surface area contributed by atoms with Crippen LogP contribution < -0.4 is 5.32 Å². The summed E-state index contributed by atoms with van der Waals surface area (Å²) in [6, 6.07) is 15.6. The number of hydrogen-bond donors (Lipinski definition) is 1. The van der Waals surface area contributed by atoms with Crippen molar-refractivity contribution in [3.8, 4) is 11.3 Å². The molecule has 2 aromatic carbocycles. The topological polar surface area (TPSA) is 80.9 Å². The first-order valence-corrected chi connectivity index (χ1v) is 10.4. The summed E-state index contributed by atoms with van der Waals surface area (Å²) in [5, 5.41) is 15.2. The van der Waals surface area contributed by atoms with Gasteiger partial charge in [0.25, 0.3) is 5.91 Å². The molecule has 146 valence electrons. The summed E-state index contributed by atoms with van der Waals surface area (Å²) in [6.07, 6.45) is 0. The summed E-state index contributed by atoms with van der Waals surface area (Å²) < 4.78 is 19.0. The van der Waals surface area contributed by atoms with Crippen LogP contribution in [0.2, 0.25) is 0 Å². The van der Waals surface area contributed by atoms with Crippen molar-refractivity contribution in [2.24, 2.45) is 0 Å². The number of rotatable bonds is 6. The maximum Gasteiger partial charge on any atom is 0.263 e. The molecule has 0 saturated carbocycles. The monoisotopic (exact) mass is 426 g/mol. The van der Waals surface area contributed by atoms with Crippen molar-refractivity contribution in [1.29, 1.82) is 0 Å². The smallest absolute Gasteiger partial charge is 0.263 e. The minimum absolute atomic E-state index is 0.265. The first kappa shape index (κ1) is 19.3. The molecule has 0 aliphatic rings. The Labute approximate surface area is 174 Å². The average Bonchev–Trinajstić information content (AvgIpc) is 3.34. The number of carbonyl (C=O) groups excluding carboxylic acids is 1. The summed E-state index contributed by atoms with van der Waals surface area (Å²) in [5.41, 5.74) is 2.61. The minimum Gasteiger partial charge on any atom is -0.355 e. The summed E-state index contributed by atoms with van der Waals surface area (Å²) >= 11 is 2.74. The van der Waals surface area contributed by atoms with E-state index in [0.717, 1.165) is 11.1 Å². The molecule has 0 atom stereocenters. The van der Waals surface area contributed by atoms with Gasteiger partial charge >= 0.3 is 0 Å². The second-order valence-corrected chi connectivity index (χ2v) is 8.28. The van der Waals surface area contributed by atoms with E-state index < -0.39 is 0 Å². The Morgan fingerprint density at radius 3 is 2.66 bits per heavy atom. The van der Waals surface area contributed by atoms with Crippen molar-refractivity contribution in [2.45, 2.75) is 17.0 Å². The number of nitrogens with zero attached hydrogens (tertiary/aromatic N) is 3. The quantitative estimate of drug-likeness (QED) is 0.338. The van der Waals surface area contributed by atoms with E-state index in [1.165, 1.54) is 35.2 Å². The van der Waals surface area contributed by atoms with Crippen molar-refractivity contribution < 1.29 is 13.7 Å². The van der Waals surface area contributed by atoms with Gasteiger partial charge in [0.05, 0.1) is 5.69 Å². The van der Waals surface area contributed by atoms with E-state index >= 15 is 0 Å². The minimum atomic E-state index is -0.353. The highest BCUT2D eigenvalue weighted by atomic mass is 32.2. The highest BCUT2D eigenvalue weighted by molar-refractivity contribution is 8.00. The van der Waals surface area contributed by atoms with Gasteiger partial charge in [0.15, 0.2) is 10.1 Å². The van der Waals surface area contributed by atoms with Crippen LogP contribution in [0.15, 0.2) is 63.5 Å². The maximum absolute atomic E-state index is 13.0. The van der Waals surface area contributed by atoms with E-state index in [2.05, 4.69) is 20.7 Å². The molecular formula is C20H15FN4O2S2. The van der Waals surface area contributed by atoms with E-state index in [0.29, 0.717) is 32.2 Å². The molecule has 6 nitrogen and oxygen atoms in total. The number of hydrogen-bond acceptors (Lipinski definition) is 7. The Morgan fingerprint density at radius 1 is 1.14 bits per heavy atom. The number of nitrogens with one attached hydrogen (secondary N) is 1. The van der Waals surface area contributed by atoms with Crippen LogP contribution in [0.25, 0.3) is 11.3 Å². The number of aryl methyl sites for hydroxylation is 1. The van der Waals surface area contributed by atoms with Gasteiger partial charge in [-0.2, -0.15) is 0 Å². The summed E-state index contributed by atoms with van der Waals surface area (Å²) in [5.74, 6) is 0.426. The van der Waals surface area contributed by atoms with Crippen LogP contribution in [0.5, 0.6) is 0 Å². The molecule has 2 heterocycles. The molecule has 1 amide bonds. The zero-order valence-electron chi connectivity index (χ0n) is 15.3. The van der Waals surface area contributed by atoms with Crippen LogP contribution in [0.3, 0.4) is 0 Å². The van der Waals surface area contributed by atoms with Gasteiger partial charge in [0.1, 0.15) is 11.4 Å². The van der Waals surface area contributed by atoms with Crippen LogP contribution in [0.1, 0.15) is 21.6 Å². The SMILES string of the molecule is Cc1noc(-c2ccccc2)c1C(=O)Nc1nnc(SCc2ccc(F)cc2)s1. The molecule has 29 heavy (non-hydrogen) atoms. The molecule has 4 rings (SSSR count). The largest absolute Gasteiger partial charge is 0.355 e. The number of carbonyl (C=O) groups is 1. The molecule has 0 radical (unpaired) electrons. The van der Waals surface area contributed by atoms with Crippen molar-refractivity contribution in [1.82, 2.24) is 15.4 Å². The van der Waals surface area contributed by atoms with Gasteiger partial charge in [-0.1, -0.05) is 70.7 Å². The number of aromatic nitrogens is 3. The van der Waals surface area contributed by atoms with Gasteiger partial charge in [0, 0.05) is 11.3 Å². The van der Waals surface area contributed by atoms with E-state index in [1.807, 2.05) is 30.3 Å². The van der Waals surface area contributed by atoms with Crippen LogP contribution in [-0.2, 0) is 5.75 Å². The summed E-state index contributed by atoms with van der Waals surface area (Å²) in [7, 11) is 0. The Bertz CT molecular complexity index is 1130. The van der Waals surface area contributed by atoms with Crippen molar-refractivity contribution in [3.05, 3.63) is 77.2 Å². The summed E-state index contributed by atoms with van der Waals surface area (Å²) in [4.78, 5) is 12.8. The predicted octanol–water partition coefficient (Wildman–Crippen LogP) is 5.19. The van der Waals surface area contributed by atoms with Crippen molar-refractivity contribution >= 4 is 34.1 Å². The molecular weight excluding hydrogens is 411 g/mol. The van der Waals surface area contributed by atoms with Gasteiger partial charge in [-0.15, -0.1) is 10.2 Å². The highest BCUT2D eigenvalue weighted by Gasteiger charge is 2.22. The highest BCUT2D eigenvalue weighted by Crippen LogP contribution is 2.30. The van der Waals surface area contributed by atoms with Gasteiger partial charge in [0.2, 0.25) is 5.13 Å². The maximum atomic E-state index is 13.0. The molecule has 0 fully saturated rings. The van der Waals surface area contributed by atoms with Gasteiger partial charge in [-0.05, 0) is 24.6 Å². The predicted molar refractivity (Wildman–Crippen MR) is 110 cm³/mol. The van der Waals surface area contributed by atoms with Crippen LogP contribution in [0, 0.1) is 12.7 Å². The van der Waals surface area contributed by atoms with Gasteiger partial charge in [-0.25, -0.2) is 4.39 Å². The number of amides is 1. The Kier molecular flexibility index (Phi) is 5.68. The zero-order valence-corrected chi connectivity index (χ0v) is 16.9. The molecule has 0 unspecified atom stereocenters. The lowest BCUT2D eigenvalue weighted by Gasteiger charge is -2.02. The van der Waals surface area contributed by atoms with Crippen LogP contribution in [0.4, 0.5) is 9.52 Å². The number of benzene rings is 2. The first-order valence-electron chi connectivity index (χ1n) is 8.64. The molecule has 0 saturated heterocycles. The standard InChI is InChI=1S/C20H15FN4O2S2/c1-12-16(17(27-25-12)14-5-3-2-4-6-14)18(26)22-19-23-24-20(29-19)28-11-13-7-9-15(21)10-8-13/h2-10H,11H2,1H3,(H,22,23,26). The van der Waals surface area contributed by atoms with Crippen LogP contribution in [-0.4, -0.2) is 21.3 Å². The normalized spacial score (nSPS) is 10.8. The third-order valence-corrected chi connectivity index (χ3v) is 6.07. The van der Waals surface area contributed by atoms with Gasteiger partial charge in [-0.3, -0.25) is 10.1 Å². The number of halogens is 1. The van der Waals surface area contributed by atoms with E-state index in [9.17, 15) is 9.18 Å². The lowest BCUT2D eigenvalue weighted by molar-refractivity contribution is 0.102. The molecule has 4 aromatic rings. The third kappa shape index (κ3) is 4.52. The Morgan fingerprint density at radius 2 is 1.90 bits per heavy atom. The van der Waals surface area contributed by atoms with Crippen molar-refractivity contribution in [3.63, 3.8) is 0 Å². The van der Waals surface area contributed by atoms with Crippen molar-refractivity contribution in [2.75, 3.05) is 5.32 Å². The molecule has 1 N–H and O–H groups in total. The fraction of sp³-hybridized carbons (Fsp3) is 0.100. The molecule has 2 aromatic heterocycles. The average molecular weight is 426 g/mol. The fourth-order valence-electron chi connectivity index (χ4n) is 2.63. The Balaban J connectivity index is 1.45. The second-order valence-electron chi connectivity index (χ2n) is 6.08. The molecule has 9 heteroatoms. The lowest BCUT2D eigenvalue weighted by Crippen LogP contribution is -2.13. The molecule has 0 bridgehead atoms. The molecule has 0 aliphatic heterocycles. The van der Waals surface area contributed by atoms with Crippen LogP contribution >= 0.6 is 23.1 Å². The number of thioether (sulfide) groups is 1. The van der Waals surface area contributed by atoms with Gasteiger partial charge < -0.3 is 4.52 Å².